The lowest BCUT2D eigenvalue weighted by Gasteiger charge is -2.35. The number of imide groups is 1. The highest BCUT2D eigenvalue weighted by Gasteiger charge is 2.65. The number of rotatable bonds is 6. The van der Waals surface area contributed by atoms with Crippen molar-refractivity contribution in [2.75, 3.05) is 24.5 Å². The van der Waals surface area contributed by atoms with Gasteiger partial charge in [0.15, 0.2) is 0 Å². The van der Waals surface area contributed by atoms with E-state index in [9.17, 15) is 24.8 Å². The molecular weight excluding hydrogens is 547 g/mol. The number of amides is 3. The summed E-state index contributed by atoms with van der Waals surface area (Å²) in [5.74, 6) is -1.77. The molecule has 3 aromatic rings. The normalized spacial score (nSPS) is 21.5. The van der Waals surface area contributed by atoms with E-state index in [1.54, 1.807) is 40.6 Å². The number of likely N-dealkylation sites (N-methyl/N-ethyl adjacent to an activating group) is 1. The van der Waals surface area contributed by atoms with Crippen LogP contribution in [0.4, 0.5) is 10.5 Å². The van der Waals surface area contributed by atoms with Crippen molar-refractivity contribution in [2.24, 2.45) is 0 Å². The van der Waals surface area contributed by atoms with E-state index in [0.717, 1.165) is 15.3 Å². The van der Waals surface area contributed by atoms with Crippen LogP contribution < -0.4 is 4.90 Å². The summed E-state index contributed by atoms with van der Waals surface area (Å²) >= 11 is 13.8. The summed E-state index contributed by atoms with van der Waals surface area (Å²) in [5, 5.41) is 20.8. The van der Waals surface area contributed by atoms with Crippen LogP contribution in [0.15, 0.2) is 53.9 Å². The smallest absolute Gasteiger partial charge is 0.336 e. The molecule has 5 rings (SSSR count). The van der Waals surface area contributed by atoms with E-state index in [4.69, 9.17) is 23.2 Å². The van der Waals surface area contributed by atoms with E-state index in [1.807, 2.05) is 19.1 Å². The molecule has 2 fully saturated rings. The molecule has 2 aromatic carbocycles. The molecule has 3 heterocycles. The van der Waals surface area contributed by atoms with E-state index in [1.165, 1.54) is 17.4 Å². The van der Waals surface area contributed by atoms with Crippen LogP contribution >= 0.6 is 34.5 Å². The average molecular weight is 569 g/mol. The second kappa shape index (κ2) is 10.0. The zero-order valence-corrected chi connectivity index (χ0v) is 22.6. The van der Waals surface area contributed by atoms with Crippen molar-refractivity contribution in [1.29, 1.82) is 5.26 Å². The molecule has 2 atom stereocenters. The van der Waals surface area contributed by atoms with Crippen LogP contribution in [0.5, 0.6) is 0 Å². The summed E-state index contributed by atoms with van der Waals surface area (Å²) in [7, 11) is 0. The standard InChI is InChI=1S/C27H22Cl2N4O4S/c1-2-32-26(37)33(21-9-19(28)8-20(29)10-21)25(36)27(32)15-31(12-22-7-18(14-38-22)24(34)35)13-23(27)17-5-3-16(11-30)4-6-17/h3-10,14,23H,2,12-13,15H2,1H3,(H,34,35). The van der Waals surface area contributed by atoms with Crippen LogP contribution in [-0.2, 0) is 11.3 Å². The third-order valence-corrected chi connectivity index (χ3v) is 8.46. The van der Waals surface area contributed by atoms with Gasteiger partial charge in [-0.2, -0.15) is 5.26 Å². The molecule has 194 valence electrons. The van der Waals surface area contributed by atoms with Gasteiger partial charge >= 0.3 is 12.0 Å². The Morgan fingerprint density at radius 1 is 1.16 bits per heavy atom. The molecule has 8 nitrogen and oxygen atoms in total. The van der Waals surface area contributed by atoms with Crippen molar-refractivity contribution < 1.29 is 19.5 Å². The second-order valence-corrected chi connectivity index (χ2v) is 11.2. The van der Waals surface area contributed by atoms with E-state index in [0.29, 0.717) is 34.4 Å². The van der Waals surface area contributed by atoms with Crippen molar-refractivity contribution in [3.63, 3.8) is 0 Å². The fourth-order valence-corrected chi connectivity index (χ4v) is 6.92. The topological polar surface area (TPSA) is 105 Å². The summed E-state index contributed by atoms with van der Waals surface area (Å²) in [6.45, 7) is 3.25. The molecule has 2 saturated heterocycles. The van der Waals surface area contributed by atoms with Gasteiger partial charge in [0, 0.05) is 52.4 Å². The van der Waals surface area contributed by atoms with E-state index < -0.39 is 23.5 Å². The van der Waals surface area contributed by atoms with Gasteiger partial charge in [0.1, 0.15) is 5.54 Å². The maximum Gasteiger partial charge on any atom is 0.336 e. The number of nitrogens with zero attached hydrogens (tertiary/aromatic N) is 4. The van der Waals surface area contributed by atoms with Gasteiger partial charge in [-0.3, -0.25) is 9.69 Å². The summed E-state index contributed by atoms with van der Waals surface area (Å²) in [4.78, 5) is 45.2. The zero-order chi connectivity index (χ0) is 27.2. The molecule has 1 N–H and O–H groups in total. The molecule has 2 aliphatic heterocycles. The van der Waals surface area contributed by atoms with Gasteiger partial charge in [-0.15, -0.1) is 11.3 Å². The first kappa shape index (κ1) is 26.2. The highest BCUT2D eigenvalue weighted by atomic mass is 35.5. The fraction of sp³-hybridized carbons (Fsp3) is 0.259. The molecule has 2 aliphatic rings. The predicted octanol–water partition coefficient (Wildman–Crippen LogP) is 5.45. The molecule has 0 aliphatic carbocycles. The molecular formula is C27H22Cl2N4O4S. The Balaban J connectivity index is 1.59. The van der Waals surface area contributed by atoms with E-state index >= 15 is 0 Å². The Morgan fingerprint density at radius 2 is 1.84 bits per heavy atom. The molecule has 3 amide bonds. The fourth-order valence-electron chi connectivity index (χ4n) is 5.50. The number of hydrogen-bond acceptors (Lipinski definition) is 6. The van der Waals surface area contributed by atoms with Crippen LogP contribution in [0.1, 0.15) is 39.2 Å². The first-order valence-corrected chi connectivity index (χ1v) is 13.5. The molecule has 0 radical (unpaired) electrons. The number of aromatic carboxylic acids is 1. The number of benzene rings is 2. The van der Waals surface area contributed by atoms with Crippen LogP contribution in [0.2, 0.25) is 10.0 Å². The first-order chi connectivity index (χ1) is 18.2. The SMILES string of the molecule is CCN1C(=O)N(c2cc(Cl)cc(Cl)c2)C(=O)C12CN(Cc1cc(C(=O)O)cs1)CC2c1ccc(C#N)cc1. The maximum atomic E-state index is 14.4. The number of hydrogen-bond donors (Lipinski definition) is 1. The number of carboxylic acids is 1. The van der Waals surface area contributed by atoms with Crippen molar-refractivity contribution in [3.05, 3.63) is 85.5 Å². The van der Waals surface area contributed by atoms with Crippen LogP contribution in [0.3, 0.4) is 0 Å². The third kappa shape index (κ3) is 4.33. The monoisotopic (exact) mass is 568 g/mol. The largest absolute Gasteiger partial charge is 0.478 e. The Morgan fingerprint density at radius 3 is 2.42 bits per heavy atom. The molecule has 11 heteroatoms. The summed E-state index contributed by atoms with van der Waals surface area (Å²) in [6.07, 6.45) is 0. The van der Waals surface area contributed by atoms with Gasteiger partial charge in [0.2, 0.25) is 0 Å². The number of carbonyl (C=O) groups excluding carboxylic acids is 2. The molecule has 0 bridgehead atoms. The number of halogens is 2. The average Bonchev–Trinajstić information content (AvgIpc) is 3.55. The van der Waals surface area contributed by atoms with Crippen LogP contribution in [-0.4, -0.2) is 58.0 Å². The van der Waals surface area contributed by atoms with Gasteiger partial charge in [-0.1, -0.05) is 35.3 Å². The molecule has 1 aromatic heterocycles. The van der Waals surface area contributed by atoms with Crippen molar-refractivity contribution >= 4 is 58.1 Å². The number of likely N-dealkylation sites (tertiary alicyclic amines) is 1. The van der Waals surface area contributed by atoms with Crippen molar-refractivity contribution in [2.45, 2.75) is 24.9 Å². The van der Waals surface area contributed by atoms with Crippen LogP contribution in [0.25, 0.3) is 0 Å². The van der Waals surface area contributed by atoms with Gasteiger partial charge < -0.3 is 10.0 Å². The molecule has 38 heavy (non-hydrogen) atoms. The van der Waals surface area contributed by atoms with Crippen molar-refractivity contribution in [1.82, 2.24) is 9.80 Å². The number of anilines is 1. The summed E-state index contributed by atoms with van der Waals surface area (Å²) in [5.41, 5.74) is 0.619. The predicted molar refractivity (Wildman–Crippen MR) is 145 cm³/mol. The second-order valence-electron chi connectivity index (χ2n) is 9.28. The minimum atomic E-state index is -1.22. The summed E-state index contributed by atoms with van der Waals surface area (Å²) in [6, 6.07) is 15.0. The number of carbonyl (C=O) groups is 3. The Bertz CT molecular complexity index is 1460. The lowest BCUT2D eigenvalue weighted by atomic mass is 9.80. The summed E-state index contributed by atoms with van der Waals surface area (Å²) < 4.78 is 0. The minimum Gasteiger partial charge on any atom is -0.478 e. The lowest BCUT2D eigenvalue weighted by Crippen LogP contribution is -2.55. The van der Waals surface area contributed by atoms with Gasteiger partial charge in [-0.05, 0) is 48.9 Å². The van der Waals surface area contributed by atoms with Crippen LogP contribution in [0, 0.1) is 11.3 Å². The highest BCUT2D eigenvalue weighted by molar-refractivity contribution is 7.10. The number of thiophene rings is 1. The minimum absolute atomic E-state index is 0.217. The number of urea groups is 1. The lowest BCUT2D eigenvalue weighted by molar-refractivity contribution is -0.125. The first-order valence-electron chi connectivity index (χ1n) is 11.8. The Labute approximate surface area is 233 Å². The maximum absolute atomic E-state index is 14.4. The van der Waals surface area contributed by atoms with Gasteiger partial charge in [-0.25, -0.2) is 14.5 Å². The van der Waals surface area contributed by atoms with Gasteiger partial charge in [0.25, 0.3) is 5.91 Å². The molecule has 2 unspecified atom stereocenters. The number of nitriles is 1. The van der Waals surface area contributed by atoms with Gasteiger partial charge in [0.05, 0.1) is 22.9 Å². The van der Waals surface area contributed by atoms with Crippen molar-refractivity contribution in [3.8, 4) is 6.07 Å². The number of carboxylic acid groups (broad SMARTS) is 1. The zero-order valence-electron chi connectivity index (χ0n) is 20.2. The van der Waals surface area contributed by atoms with E-state index in [2.05, 4.69) is 11.0 Å². The Kier molecular flexibility index (Phi) is 6.92. The Hall–Kier alpha value is -3.42. The quantitative estimate of drug-likeness (QED) is 0.396. The highest BCUT2D eigenvalue weighted by Crippen LogP contribution is 2.47. The van der Waals surface area contributed by atoms with E-state index in [-0.39, 0.29) is 24.6 Å². The molecule has 1 spiro atoms. The third-order valence-electron chi connectivity index (χ3n) is 7.10. The molecule has 0 saturated carbocycles.